The van der Waals surface area contributed by atoms with Crippen LogP contribution in [-0.2, 0) is 27.7 Å². The predicted octanol–water partition coefficient (Wildman–Crippen LogP) is 3.29. The third kappa shape index (κ3) is 6.05. The van der Waals surface area contributed by atoms with Gasteiger partial charge in [0.05, 0.1) is 11.9 Å². The van der Waals surface area contributed by atoms with Crippen LogP contribution in [0.5, 0.6) is 0 Å². The van der Waals surface area contributed by atoms with Gasteiger partial charge in [-0.05, 0) is 61.6 Å². The van der Waals surface area contributed by atoms with Gasteiger partial charge >= 0.3 is 0 Å². The van der Waals surface area contributed by atoms with Gasteiger partial charge in [-0.1, -0.05) is 31.2 Å². The number of halogens is 1. The van der Waals surface area contributed by atoms with E-state index < -0.39 is 16.1 Å². The van der Waals surface area contributed by atoms with Crippen LogP contribution in [0.15, 0.2) is 48.5 Å². The van der Waals surface area contributed by atoms with Crippen molar-refractivity contribution >= 4 is 21.6 Å². The van der Waals surface area contributed by atoms with Crippen LogP contribution >= 0.6 is 0 Å². The Morgan fingerprint density at radius 2 is 1.64 bits per heavy atom. The maximum Gasteiger partial charge on any atom is 0.243 e. The first-order valence-electron chi connectivity index (χ1n) is 9.33. The average Bonchev–Trinajstić information content (AvgIpc) is 2.66. The quantitative estimate of drug-likeness (QED) is 0.650. The van der Waals surface area contributed by atoms with Gasteiger partial charge < -0.3 is 5.32 Å². The smallest absolute Gasteiger partial charge is 0.243 e. The lowest BCUT2D eigenvalue weighted by atomic mass is 10.1. The molecule has 0 aliphatic heterocycles. The third-order valence-electron chi connectivity index (χ3n) is 4.54. The molecule has 152 valence electrons. The molecular weight excluding hydrogens is 379 g/mol. The summed E-state index contributed by atoms with van der Waals surface area (Å²) in [6, 6.07) is 12.5. The van der Waals surface area contributed by atoms with Gasteiger partial charge in [0, 0.05) is 6.54 Å². The van der Waals surface area contributed by atoms with Crippen LogP contribution in [-0.4, -0.2) is 33.2 Å². The van der Waals surface area contributed by atoms with Gasteiger partial charge in [0.25, 0.3) is 0 Å². The zero-order valence-corrected chi connectivity index (χ0v) is 17.3. The number of nitrogens with zero attached hydrogens (tertiary/aromatic N) is 1. The second-order valence-electron chi connectivity index (χ2n) is 6.78. The van der Waals surface area contributed by atoms with E-state index in [-0.39, 0.29) is 11.7 Å². The average molecular weight is 407 g/mol. The first-order chi connectivity index (χ1) is 13.2. The van der Waals surface area contributed by atoms with Crippen LogP contribution in [0.1, 0.15) is 31.4 Å². The number of carbonyl (C=O) groups is 1. The van der Waals surface area contributed by atoms with Gasteiger partial charge in [-0.15, -0.1) is 0 Å². The molecule has 2 aromatic rings. The molecule has 0 spiro atoms. The maximum atomic E-state index is 12.9. The minimum Gasteiger partial charge on any atom is -0.354 e. The van der Waals surface area contributed by atoms with Crippen LogP contribution in [0.3, 0.4) is 0 Å². The molecule has 0 saturated heterocycles. The summed E-state index contributed by atoms with van der Waals surface area (Å²) < 4.78 is 38.6. The van der Waals surface area contributed by atoms with Crippen molar-refractivity contribution < 1.29 is 17.6 Å². The Morgan fingerprint density at radius 3 is 2.18 bits per heavy atom. The van der Waals surface area contributed by atoms with E-state index in [2.05, 4.69) is 5.32 Å². The lowest BCUT2D eigenvalue weighted by Gasteiger charge is -2.28. The molecule has 2 aromatic carbocycles. The molecule has 1 atom stereocenters. The van der Waals surface area contributed by atoms with Crippen LogP contribution in [0.4, 0.5) is 10.1 Å². The SMILES string of the molecule is CCc1ccc(N([C@H](C)C(=O)NCCCc2ccc(F)cc2)S(C)(=O)=O)cc1. The van der Waals surface area contributed by atoms with Crippen molar-refractivity contribution in [1.29, 1.82) is 0 Å². The Bertz CT molecular complexity index is 881. The van der Waals surface area contributed by atoms with E-state index in [4.69, 9.17) is 0 Å². The monoisotopic (exact) mass is 406 g/mol. The number of aryl methyl sites for hydroxylation is 2. The molecule has 0 heterocycles. The van der Waals surface area contributed by atoms with Crippen LogP contribution in [0.2, 0.25) is 0 Å². The molecule has 0 aliphatic carbocycles. The highest BCUT2D eigenvalue weighted by Gasteiger charge is 2.28. The molecular formula is C21H27FN2O3S. The number of carbonyl (C=O) groups excluding carboxylic acids is 1. The number of amides is 1. The van der Waals surface area contributed by atoms with E-state index in [9.17, 15) is 17.6 Å². The van der Waals surface area contributed by atoms with E-state index >= 15 is 0 Å². The summed E-state index contributed by atoms with van der Waals surface area (Å²) in [7, 11) is -3.62. The van der Waals surface area contributed by atoms with Gasteiger partial charge in [0.2, 0.25) is 15.9 Å². The highest BCUT2D eigenvalue weighted by atomic mass is 32.2. The normalized spacial score (nSPS) is 12.4. The number of hydrogen-bond acceptors (Lipinski definition) is 3. The zero-order valence-electron chi connectivity index (χ0n) is 16.5. The summed E-state index contributed by atoms with van der Waals surface area (Å²) in [5, 5.41) is 2.79. The van der Waals surface area contributed by atoms with Crippen molar-refractivity contribution in [2.45, 2.75) is 39.2 Å². The number of benzene rings is 2. The van der Waals surface area contributed by atoms with Crippen LogP contribution in [0, 0.1) is 5.82 Å². The van der Waals surface area contributed by atoms with Gasteiger partial charge in [-0.3, -0.25) is 9.10 Å². The Labute approximate surface area is 166 Å². The zero-order chi connectivity index (χ0) is 20.7. The molecule has 0 fully saturated rings. The van der Waals surface area contributed by atoms with Gasteiger partial charge in [-0.25, -0.2) is 12.8 Å². The second-order valence-corrected chi connectivity index (χ2v) is 8.64. The van der Waals surface area contributed by atoms with Crippen LogP contribution in [0.25, 0.3) is 0 Å². The molecule has 1 N–H and O–H groups in total. The third-order valence-corrected chi connectivity index (χ3v) is 5.78. The Balaban J connectivity index is 1.97. The topological polar surface area (TPSA) is 66.5 Å². The van der Waals surface area contributed by atoms with Crippen molar-refractivity contribution in [3.8, 4) is 0 Å². The highest BCUT2D eigenvalue weighted by Crippen LogP contribution is 2.21. The summed E-state index contributed by atoms with van der Waals surface area (Å²) in [5.41, 5.74) is 2.54. The molecule has 0 aromatic heterocycles. The van der Waals surface area contributed by atoms with Gasteiger partial charge in [0.1, 0.15) is 11.9 Å². The lowest BCUT2D eigenvalue weighted by molar-refractivity contribution is -0.121. The Hall–Kier alpha value is -2.41. The largest absolute Gasteiger partial charge is 0.354 e. The van der Waals surface area contributed by atoms with E-state index in [1.807, 2.05) is 19.1 Å². The first-order valence-corrected chi connectivity index (χ1v) is 11.2. The summed E-state index contributed by atoms with van der Waals surface area (Å²) in [4.78, 5) is 12.5. The van der Waals surface area contributed by atoms with Crippen molar-refractivity contribution in [1.82, 2.24) is 5.32 Å². The fourth-order valence-corrected chi connectivity index (χ4v) is 4.17. The summed E-state index contributed by atoms with van der Waals surface area (Å²) >= 11 is 0. The van der Waals surface area contributed by atoms with E-state index in [1.165, 1.54) is 12.1 Å². The number of anilines is 1. The number of sulfonamides is 1. The number of rotatable bonds is 9. The summed E-state index contributed by atoms with van der Waals surface area (Å²) in [6.45, 7) is 4.00. The molecule has 0 bridgehead atoms. The molecule has 28 heavy (non-hydrogen) atoms. The minimum absolute atomic E-state index is 0.279. The maximum absolute atomic E-state index is 12.9. The molecule has 0 aliphatic rings. The van der Waals surface area contributed by atoms with Crippen LogP contribution < -0.4 is 9.62 Å². The fraction of sp³-hybridized carbons (Fsp3) is 0.381. The standard InChI is InChI=1S/C21H27FN2O3S/c1-4-17-9-13-20(14-10-17)24(28(3,26)27)16(2)21(25)23-15-5-6-18-7-11-19(22)12-8-18/h7-14,16H,4-6,15H2,1-3H3,(H,23,25)/t16-/m1/s1. The molecule has 7 heteroatoms. The molecule has 0 radical (unpaired) electrons. The fourth-order valence-electron chi connectivity index (χ4n) is 2.99. The first kappa shape index (κ1) is 21.9. The number of hydrogen-bond donors (Lipinski definition) is 1. The van der Waals surface area contributed by atoms with Crippen molar-refractivity contribution in [3.63, 3.8) is 0 Å². The van der Waals surface area contributed by atoms with Gasteiger partial charge in [0.15, 0.2) is 0 Å². The predicted molar refractivity (Wildman–Crippen MR) is 110 cm³/mol. The summed E-state index contributed by atoms with van der Waals surface area (Å²) in [5.74, 6) is -0.636. The lowest BCUT2D eigenvalue weighted by Crippen LogP contribution is -2.48. The van der Waals surface area contributed by atoms with E-state index in [0.717, 1.165) is 28.1 Å². The molecule has 2 rings (SSSR count). The molecule has 5 nitrogen and oxygen atoms in total. The highest BCUT2D eigenvalue weighted by molar-refractivity contribution is 7.92. The molecule has 0 saturated carbocycles. The number of nitrogens with one attached hydrogen (secondary N) is 1. The van der Waals surface area contributed by atoms with Gasteiger partial charge in [-0.2, -0.15) is 0 Å². The molecule has 0 unspecified atom stereocenters. The Morgan fingerprint density at radius 1 is 1.07 bits per heavy atom. The Kier molecular flexibility index (Phi) is 7.57. The van der Waals surface area contributed by atoms with E-state index in [1.54, 1.807) is 31.2 Å². The van der Waals surface area contributed by atoms with Crippen molar-refractivity contribution in [2.75, 3.05) is 17.1 Å². The molecule has 1 amide bonds. The summed E-state index contributed by atoms with van der Waals surface area (Å²) in [6.07, 6.45) is 3.32. The van der Waals surface area contributed by atoms with Crippen molar-refractivity contribution in [2.24, 2.45) is 0 Å². The van der Waals surface area contributed by atoms with E-state index in [0.29, 0.717) is 25.1 Å². The minimum atomic E-state index is -3.62. The van der Waals surface area contributed by atoms with Crippen molar-refractivity contribution in [3.05, 3.63) is 65.5 Å². The second kappa shape index (κ2) is 9.68.